The van der Waals surface area contributed by atoms with Crippen LogP contribution in [0.15, 0.2) is 69.0 Å². The number of nitrogens with zero attached hydrogens (tertiary/aromatic N) is 5. The number of benzene rings is 2. The Labute approximate surface area is 176 Å². The van der Waals surface area contributed by atoms with Crippen LogP contribution in [-0.4, -0.2) is 27.2 Å². The van der Waals surface area contributed by atoms with Crippen molar-refractivity contribution in [2.24, 2.45) is 0 Å². The predicted molar refractivity (Wildman–Crippen MR) is 111 cm³/mol. The standard InChI is InChI=1S/C21H16N6O2S/c1-28-12-18-24-11-16(19(23)25-18)20-26-21(29-27-20)13-6-8-15(9-7-13)30-17-5-3-2-4-14(17)10-22/h2-9,11H,12H2,1H3,(H2,23,24,25). The highest BCUT2D eigenvalue weighted by Crippen LogP contribution is 2.32. The normalized spacial score (nSPS) is 10.7. The summed E-state index contributed by atoms with van der Waals surface area (Å²) in [5, 5.41) is 13.2. The number of aromatic nitrogens is 4. The topological polar surface area (TPSA) is 124 Å². The maximum Gasteiger partial charge on any atom is 0.258 e. The number of hydrogen-bond donors (Lipinski definition) is 1. The van der Waals surface area contributed by atoms with E-state index < -0.39 is 0 Å². The summed E-state index contributed by atoms with van der Waals surface area (Å²) >= 11 is 1.52. The van der Waals surface area contributed by atoms with Crippen molar-refractivity contribution in [3.8, 4) is 28.9 Å². The molecule has 30 heavy (non-hydrogen) atoms. The van der Waals surface area contributed by atoms with Gasteiger partial charge in [-0.15, -0.1) is 0 Å². The fraction of sp³-hybridized carbons (Fsp3) is 0.0952. The molecule has 2 heterocycles. The van der Waals surface area contributed by atoms with Crippen LogP contribution in [0.1, 0.15) is 11.4 Å². The van der Waals surface area contributed by atoms with E-state index in [-0.39, 0.29) is 12.4 Å². The van der Waals surface area contributed by atoms with Gasteiger partial charge in [0.1, 0.15) is 18.5 Å². The zero-order valence-electron chi connectivity index (χ0n) is 15.9. The van der Waals surface area contributed by atoms with Crippen LogP contribution in [0.4, 0.5) is 5.82 Å². The van der Waals surface area contributed by atoms with Gasteiger partial charge in [-0.2, -0.15) is 10.2 Å². The van der Waals surface area contributed by atoms with Crippen LogP contribution < -0.4 is 5.73 Å². The molecule has 0 atom stereocenters. The monoisotopic (exact) mass is 416 g/mol. The summed E-state index contributed by atoms with van der Waals surface area (Å²) in [5.74, 6) is 1.41. The maximum absolute atomic E-state index is 9.23. The zero-order valence-corrected chi connectivity index (χ0v) is 16.8. The van der Waals surface area contributed by atoms with E-state index in [4.69, 9.17) is 15.0 Å². The minimum Gasteiger partial charge on any atom is -0.383 e. The van der Waals surface area contributed by atoms with E-state index in [2.05, 4.69) is 26.2 Å². The molecule has 0 aliphatic carbocycles. The third kappa shape index (κ3) is 4.15. The molecule has 0 saturated carbocycles. The molecule has 0 aliphatic heterocycles. The first kappa shape index (κ1) is 19.6. The molecule has 0 aliphatic rings. The van der Waals surface area contributed by atoms with Gasteiger partial charge in [0.25, 0.3) is 5.89 Å². The van der Waals surface area contributed by atoms with Gasteiger partial charge in [0, 0.05) is 28.7 Å². The number of rotatable bonds is 6. The third-order valence-electron chi connectivity index (χ3n) is 4.15. The Bertz CT molecular complexity index is 1220. The summed E-state index contributed by atoms with van der Waals surface area (Å²) in [7, 11) is 1.56. The predicted octanol–water partition coefficient (Wildman–Crippen LogP) is 3.95. The summed E-state index contributed by atoms with van der Waals surface area (Å²) in [6.45, 7) is 0.269. The van der Waals surface area contributed by atoms with Crippen molar-refractivity contribution in [2.75, 3.05) is 12.8 Å². The molecule has 0 radical (unpaired) electrons. The second-order valence-electron chi connectivity index (χ2n) is 6.18. The quantitative estimate of drug-likeness (QED) is 0.497. The average Bonchev–Trinajstić information content (AvgIpc) is 3.25. The first-order chi connectivity index (χ1) is 14.7. The highest BCUT2D eigenvalue weighted by molar-refractivity contribution is 7.99. The molecular weight excluding hydrogens is 400 g/mol. The van der Waals surface area contributed by atoms with Crippen molar-refractivity contribution >= 4 is 17.6 Å². The van der Waals surface area contributed by atoms with Gasteiger partial charge in [-0.05, 0) is 36.4 Å². The van der Waals surface area contributed by atoms with Crippen molar-refractivity contribution in [1.82, 2.24) is 20.1 Å². The molecule has 0 spiro atoms. The smallest absolute Gasteiger partial charge is 0.258 e. The van der Waals surface area contributed by atoms with Crippen molar-refractivity contribution < 1.29 is 9.26 Å². The summed E-state index contributed by atoms with van der Waals surface area (Å²) in [6, 6.07) is 17.3. The fourth-order valence-corrected chi connectivity index (χ4v) is 3.59. The molecule has 148 valence electrons. The van der Waals surface area contributed by atoms with Crippen LogP contribution in [-0.2, 0) is 11.3 Å². The van der Waals surface area contributed by atoms with E-state index in [0.717, 1.165) is 15.4 Å². The Morgan fingerprint density at radius 3 is 2.67 bits per heavy atom. The number of nitrogens with two attached hydrogens (primary N) is 1. The van der Waals surface area contributed by atoms with Gasteiger partial charge >= 0.3 is 0 Å². The summed E-state index contributed by atoms with van der Waals surface area (Å²) in [5.41, 5.74) is 7.89. The molecule has 2 aromatic carbocycles. The van der Waals surface area contributed by atoms with Crippen molar-refractivity contribution in [2.45, 2.75) is 16.4 Å². The molecule has 0 unspecified atom stereocenters. The third-order valence-corrected chi connectivity index (χ3v) is 5.23. The summed E-state index contributed by atoms with van der Waals surface area (Å²) < 4.78 is 10.4. The SMILES string of the molecule is COCc1ncc(-c2noc(-c3ccc(Sc4ccccc4C#N)cc3)n2)c(N)n1. The van der Waals surface area contributed by atoms with Crippen LogP contribution in [0.25, 0.3) is 22.8 Å². The van der Waals surface area contributed by atoms with Crippen molar-refractivity contribution in [3.63, 3.8) is 0 Å². The van der Waals surface area contributed by atoms with Crippen molar-refractivity contribution in [3.05, 3.63) is 66.1 Å². The van der Waals surface area contributed by atoms with Crippen molar-refractivity contribution in [1.29, 1.82) is 5.26 Å². The molecule has 0 bridgehead atoms. The van der Waals surface area contributed by atoms with Crippen LogP contribution in [0.3, 0.4) is 0 Å². The fourth-order valence-electron chi connectivity index (χ4n) is 2.69. The molecular formula is C21H16N6O2S. The lowest BCUT2D eigenvalue weighted by molar-refractivity contribution is 0.178. The lowest BCUT2D eigenvalue weighted by Crippen LogP contribution is -2.03. The molecule has 2 aromatic heterocycles. The molecule has 4 rings (SSSR count). The lowest BCUT2D eigenvalue weighted by Gasteiger charge is -2.04. The molecule has 4 aromatic rings. The first-order valence-electron chi connectivity index (χ1n) is 8.89. The number of nitriles is 1. The van der Waals surface area contributed by atoms with Crippen LogP contribution >= 0.6 is 11.8 Å². The van der Waals surface area contributed by atoms with Gasteiger partial charge in [0.05, 0.1) is 11.1 Å². The van der Waals surface area contributed by atoms with Gasteiger partial charge in [-0.25, -0.2) is 9.97 Å². The molecule has 0 fully saturated rings. The minimum atomic E-state index is 0.257. The highest BCUT2D eigenvalue weighted by atomic mass is 32.2. The Morgan fingerprint density at radius 2 is 1.93 bits per heavy atom. The Morgan fingerprint density at radius 1 is 1.13 bits per heavy atom. The number of nitrogen functional groups attached to an aromatic ring is 1. The number of ether oxygens (including phenoxy) is 1. The molecule has 2 N–H and O–H groups in total. The highest BCUT2D eigenvalue weighted by Gasteiger charge is 2.15. The van der Waals surface area contributed by atoms with E-state index in [9.17, 15) is 5.26 Å². The summed E-state index contributed by atoms with van der Waals surface area (Å²) in [4.78, 5) is 14.7. The minimum absolute atomic E-state index is 0.257. The second kappa shape index (κ2) is 8.73. The van der Waals surface area contributed by atoms with E-state index in [1.807, 2.05) is 42.5 Å². The van der Waals surface area contributed by atoms with Crippen LogP contribution in [0.5, 0.6) is 0 Å². The van der Waals surface area contributed by atoms with E-state index in [0.29, 0.717) is 28.7 Å². The second-order valence-corrected chi connectivity index (χ2v) is 7.29. The van der Waals surface area contributed by atoms with E-state index >= 15 is 0 Å². The Balaban J connectivity index is 1.53. The molecule has 0 amide bonds. The van der Waals surface area contributed by atoms with Crippen LogP contribution in [0.2, 0.25) is 0 Å². The van der Waals surface area contributed by atoms with Gasteiger partial charge in [0.15, 0.2) is 5.82 Å². The van der Waals surface area contributed by atoms with Gasteiger partial charge in [0.2, 0.25) is 5.82 Å². The largest absolute Gasteiger partial charge is 0.383 e. The van der Waals surface area contributed by atoms with Crippen LogP contribution in [0, 0.1) is 11.3 Å². The number of anilines is 1. The van der Waals surface area contributed by atoms with Gasteiger partial charge in [-0.3, -0.25) is 0 Å². The first-order valence-corrected chi connectivity index (χ1v) is 9.71. The van der Waals surface area contributed by atoms with E-state index in [1.165, 1.54) is 11.8 Å². The lowest BCUT2D eigenvalue weighted by atomic mass is 10.2. The zero-order chi connectivity index (χ0) is 20.9. The molecule has 0 saturated heterocycles. The Kier molecular flexibility index (Phi) is 5.70. The van der Waals surface area contributed by atoms with E-state index in [1.54, 1.807) is 19.4 Å². The summed E-state index contributed by atoms with van der Waals surface area (Å²) in [6.07, 6.45) is 1.55. The average molecular weight is 416 g/mol. The molecule has 9 heteroatoms. The Hall–Kier alpha value is -3.74. The van der Waals surface area contributed by atoms with Gasteiger partial charge in [-0.1, -0.05) is 29.1 Å². The van der Waals surface area contributed by atoms with Gasteiger partial charge < -0.3 is 15.0 Å². The number of methoxy groups -OCH3 is 1. The molecule has 8 nitrogen and oxygen atoms in total. The maximum atomic E-state index is 9.23. The number of hydrogen-bond acceptors (Lipinski definition) is 9.